The topological polar surface area (TPSA) is 105 Å². The molecule has 2 heterocycles. The number of fused-ring (bicyclic) bond motifs is 1. The fourth-order valence-corrected chi connectivity index (χ4v) is 3.39. The average Bonchev–Trinajstić information content (AvgIpc) is 2.85. The zero-order valence-corrected chi connectivity index (χ0v) is 19.0. The van der Waals surface area contributed by atoms with Crippen LogP contribution in [0.2, 0.25) is 0 Å². The Hall–Kier alpha value is -4.80. The number of hydrogen-bond acceptors (Lipinski definition) is 8. The predicted molar refractivity (Wildman–Crippen MR) is 122 cm³/mol. The van der Waals surface area contributed by atoms with Crippen LogP contribution in [0, 0.1) is 11.6 Å². The lowest BCUT2D eigenvalue weighted by Crippen LogP contribution is -2.14. The van der Waals surface area contributed by atoms with E-state index < -0.39 is 29.2 Å². The number of rotatable bonds is 6. The molecule has 0 spiro atoms. The van der Waals surface area contributed by atoms with Crippen LogP contribution in [-0.4, -0.2) is 35.5 Å². The van der Waals surface area contributed by atoms with Gasteiger partial charge in [-0.15, -0.1) is 5.10 Å². The molecule has 9 nitrogen and oxygen atoms in total. The molecular weight excluding hydrogens is 478 g/mol. The number of ether oxygens (including phenoxy) is 4. The first-order valence-corrected chi connectivity index (χ1v) is 10.5. The fourth-order valence-electron chi connectivity index (χ4n) is 3.39. The summed E-state index contributed by atoms with van der Waals surface area (Å²) in [5.41, 5.74) is 0.235. The molecule has 4 aromatic rings. The number of carbonyl (C=O) groups is 2. The first-order valence-electron chi connectivity index (χ1n) is 10.5. The number of hydrogen-bond donors (Lipinski definition) is 0. The fraction of sp³-hybridized carbons (Fsp3) is 0.120. The lowest BCUT2D eigenvalue weighted by molar-refractivity contribution is 0.0401. The van der Waals surface area contributed by atoms with Crippen LogP contribution in [0.4, 0.5) is 13.6 Å². The molecule has 4 rings (SSSR count). The van der Waals surface area contributed by atoms with Crippen molar-refractivity contribution in [1.29, 1.82) is 0 Å². The quantitative estimate of drug-likeness (QED) is 0.278. The highest BCUT2D eigenvalue weighted by atomic mass is 19.1. The third kappa shape index (κ3) is 4.99. The molecule has 0 amide bonds. The summed E-state index contributed by atoms with van der Waals surface area (Å²) in [6.07, 6.45) is 0.222. The Balaban J connectivity index is 1.77. The maximum Gasteiger partial charge on any atom is 0.516 e. The summed E-state index contributed by atoms with van der Waals surface area (Å²) in [4.78, 5) is 36.8. The van der Waals surface area contributed by atoms with Crippen molar-refractivity contribution in [3.8, 4) is 28.5 Å². The minimum atomic E-state index is -1.15. The van der Waals surface area contributed by atoms with E-state index in [9.17, 15) is 23.2 Å². The lowest BCUT2D eigenvalue weighted by Gasteiger charge is -2.13. The van der Waals surface area contributed by atoms with Crippen molar-refractivity contribution in [2.75, 3.05) is 13.7 Å². The maximum atomic E-state index is 14.0. The highest BCUT2D eigenvalue weighted by Crippen LogP contribution is 2.32. The van der Waals surface area contributed by atoms with Crippen molar-refractivity contribution >= 4 is 17.6 Å². The van der Waals surface area contributed by atoms with E-state index in [1.165, 1.54) is 54.2 Å². The third-order valence-corrected chi connectivity index (χ3v) is 4.96. The van der Waals surface area contributed by atoms with Gasteiger partial charge in [0.1, 0.15) is 11.6 Å². The lowest BCUT2D eigenvalue weighted by atomic mass is 10.0. The monoisotopic (exact) mass is 496 g/mol. The molecule has 0 saturated heterocycles. The van der Waals surface area contributed by atoms with Crippen molar-refractivity contribution in [3.05, 3.63) is 88.2 Å². The van der Waals surface area contributed by atoms with Crippen LogP contribution in [-0.2, 0) is 9.47 Å². The number of esters is 1. The molecule has 0 aliphatic rings. The number of aromatic nitrogens is 2. The van der Waals surface area contributed by atoms with Gasteiger partial charge in [0, 0.05) is 30.0 Å². The molecule has 0 aliphatic heterocycles. The molecule has 0 N–H and O–H groups in total. The van der Waals surface area contributed by atoms with E-state index in [-0.39, 0.29) is 40.7 Å². The van der Waals surface area contributed by atoms with Crippen molar-refractivity contribution in [1.82, 2.24) is 9.61 Å². The summed E-state index contributed by atoms with van der Waals surface area (Å²) in [5, 5.41) is 4.24. The van der Waals surface area contributed by atoms with Gasteiger partial charge in [0.15, 0.2) is 17.0 Å². The standard InChI is InChI=1S/C25H18F2N2O7/c1-3-34-25(32)36-24(31)14-4-7-20(33-2)16(12-14)23-18-6-9-22(28-29(18)11-10-19(23)30)35-21-8-5-15(26)13-17(21)27/h4-13H,3H2,1-2H3. The second kappa shape index (κ2) is 10.2. The van der Waals surface area contributed by atoms with Crippen LogP contribution in [0.25, 0.3) is 16.6 Å². The van der Waals surface area contributed by atoms with Gasteiger partial charge in [-0.1, -0.05) is 0 Å². The van der Waals surface area contributed by atoms with Crippen LogP contribution >= 0.6 is 0 Å². The maximum absolute atomic E-state index is 14.0. The van der Waals surface area contributed by atoms with Crippen LogP contribution in [0.1, 0.15) is 17.3 Å². The SMILES string of the molecule is CCOC(=O)OC(=O)c1ccc(OC)c(-c2c(=O)ccn3nc(Oc4ccc(F)cc4F)ccc23)c1. The zero-order chi connectivity index (χ0) is 25.8. The minimum absolute atomic E-state index is 0.0265. The number of benzene rings is 2. The van der Waals surface area contributed by atoms with Gasteiger partial charge < -0.3 is 18.9 Å². The van der Waals surface area contributed by atoms with Gasteiger partial charge in [-0.05, 0) is 43.3 Å². The molecule has 11 heteroatoms. The molecular formula is C25H18F2N2O7. The number of pyridine rings is 1. The second-order valence-electron chi connectivity index (χ2n) is 7.22. The van der Waals surface area contributed by atoms with Crippen molar-refractivity contribution < 1.29 is 37.3 Å². The molecule has 36 heavy (non-hydrogen) atoms. The van der Waals surface area contributed by atoms with Gasteiger partial charge in [0.25, 0.3) is 0 Å². The Kier molecular flexibility index (Phi) is 6.91. The summed E-state index contributed by atoms with van der Waals surface area (Å²) in [6.45, 7) is 1.59. The molecule has 2 aromatic heterocycles. The number of methoxy groups -OCH3 is 1. The summed E-state index contributed by atoms with van der Waals surface area (Å²) < 4.78 is 48.5. The van der Waals surface area contributed by atoms with Gasteiger partial charge in [-0.3, -0.25) is 4.79 Å². The molecule has 0 atom stereocenters. The van der Waals surface area contributed by atoms with Crippen molar-refractivity contribution in [2.24, 2.45) is 0 Å². The van der Waals surface area contributed by atoms with E-state index in [1.807, 2.05) is 0 Å². The van der Waals surface area contributed by atoms with Crippen LogP contribution in [0.15, 0.2) is 65.6 Å². The molecule has 0 aliphatic carbocycles. The van der Waals surface area contributed by atoms with Crippen molar-refractivity contribution in [2.45, 2.75) is 6.92 Å². The molecule has 0 saturated carbocycles. The minimum Gasteiger partial charge on any atom is -0.496 e. The molecule has 0 bridgehead atoms. The second-order valence-corrected chi connectivity index (χ2v) is 7.22. The number of carbonyl (C=O) groups excluding carboxylic acids is 2. The third-order valence-electron chi connectivity index (χ3n) is 4.96. The molecule has 0 unspecified atom stereocenters. The Bertz CT molecular complexity index is 1540. The number of halogens is 2. The van der Waals surface area contributed by atoms with E-state index in [4.69, 9.17) is 9.47 Å². The first kappa shape index (κ1) is 24.3. The van der Waals surface area contributed by atoms with E-state index in [2.05, 4.69) is 14.6 Å². The van der Waals surface area contributed by atoms with E-state index in [0.29, 0.717) is 11.6 Å². The highest BCUT2D eigenvalue weighted by molar-refractivity contribution is 5.97. The zero-order valence-electron chi connectivity index (χ0n) is 19.0. The predicted octanol–water partition coefficient (Wildman–Crippen LogP) is 4.75. The van der Waals surface area contributed by atoms with Crippen LogP contribution in [0.5, 0.6) is 17.4 Å². The molecule has 2 aromatic carbocycles. The summed E-state index contributed by atoms with van der Waals surface area (Å²) >= 11 is 0. The average molecular weight is 496 g/mol. The van der Waals surface area contributed by atoms with Gasteiger partial charge >= 0.3 is 12.1 Å². The largest absolute Gasteiger partial charge is 0.516 e. The van der Waals surface area contributed by atoms with Crippen LogP contribution < -0.4 is 14.9 Å². The highest BCUT2D eigenvalue weighted by Gasteiger charge is 2.20. The van der Waals surface area contributed by atoms with E-state index >= 15 is 0 Å². The first-order chi connectivity index (χ1) is 17.3. The van der Waals surface area contributed by atoms with Gasteiger partial charge in [0.05, 0.1) is 30.4 Å². The Morgan fingerprint density at radius 1 is 1.00 bits per heavy atom. The molecule has 0 radical (unpaired) electrons. The summed E-state index contributed by atoms with van der Waals surface area (Å²) in [5.74, 6) is -2.64. The molecule has 184 valence electrons. The number of nitrogens with zero attached hydrogens (tertiary/aromatic N) is 2. The van der Waals surface area contributed by atoms with E-state index in [0.717, 1.165) is 12.1 Å². The van der Waals surface area contributed by atoms with Gasteiger partial charge in [0.2, 0.25) is 5.88 Å². The van der Waals surface area contributed by atoms with Crippen molar-refractivity contribution in [3.63, 3.8) is 0 Å². The summed E-state index contributed by atoms with van der Waals surface area (Å²) in [7, 11) is 1.39. The Morgan fingerprint density at radius 2 is 1.78 bits per heavy atom. The Labute approximate surface area is 202 Å². The van der Waals surface area contributed by atoms with Gasteiger partial charge in [-0.25, -0.2) is 22.9 Å². The van der Waals surface area contributed by atoms with Gasteiger partial charge in [-0.2, -0.15) is 0 Å². The molecule has 0 fully saturated rings. The summed E-state index contributed by atoms with van der Waals surface area (Å²) in [6, 6.07) is 11.1. The Morgan fingerprint density at radius 3 is 2.50 bits per heavy atom. The van der Waals surface area contributed by atoms with Crippen LogP contribution in [0.3, 0.4) is 0 Å². The van der Waals surface area contributed by atoms with E-state index in [1.54, 1.807) is 6.92 Å². The smallest absolute Gasteiger partial charge is 0.496 e. The normalized spacial score (nSPS) is 10.7.